The van der Waals surface area contributed by atoms with Crippen molar-refractivity contribution >= 4 is 22.7 Å². The summed E-state index contributed by atoms with van der Waals surface area (Å²) in [4.78, 5) is 12.0. The van der Waals surface area contributed by atoms with Gasteiger partial charge in [-0.25, -0.2) is 4.79 Å². The summed E-state index contributed by atoms with van der Waals surface area (Å²) in [5.74, 6) is 0.730. The molecule has 5 rings (SSSR count). The van der Waals surface area contributed by atoms with E-state index in [1.165, 1.54) is 6.42 Å². The number of hydrogen-bond donors (Lipinski definition) is 1. The van der Waals surface area contributed by atoms with Gasteiger partial charge in [-0.1, -0.05) is 12.1 Å². The molecule has 2 heterocycles. The minimum absolute atomic E-state index is 0.161. The number of nitrogens with zero attached hydrogens (tertiary/aromatic N) is 2. The quantitative estimate of drug-likeness (QED) is 0.498. The predicted octanol–water partition coefficient (Wildman–Crippen LogP) is 5.61. The Bertz CT molecular complexity index is 1250. The van der Waals surface area contributed by atoms with Crippen LogP contribution in [-0.4, -0.2) is 42.9 Å². The summed E-state index contributed by atoms with van der Waals surface area (Å²) in [5.41, 5.74) is 4.08. The van der Waals surface area contributed by atoms with Gasteiger partial charge in [0.15, 0.2) is 0 Å². The Morgan fingerprint density at radius 2 is 1.89 bits per heavy atom. The second-order valence-corrected chi connectivity index (χ2v) is 9.22. The molecule has 2 aliphatic rings. The van der Waals surface area contributed by atoms with Crippen molar-refractivity contribution in [2.75, 3.05) is 25.3 Å². The van der Waals surface area contributed by atoms with E-state index in [1.54, 1.807) is 13.8 Å². The van der Waals surface area contributed by atoms with E-state index in [-0.39, 0.29) is 12.2 Å². The number of carbonyl (C=O) groups excluding carboxylic acids is 1. The lowest BCUT2D eigenvalue weighted by Crippen LogP contribution is -2.33. The lowest BCUT2D eigenvalue weighted by atomic mass is 9.92. The van der Waals surface area contributed by atoms with Gasteiger partial charge < -0.3 is 23.5 Å². The lowest BCUT2D eigenvalue weighted by molar-refractivity contribution is -0.143. The number of fused-ring (bicyclic) bond motifs is 1. The molecule has 1 aliphatic carbocycles. The van der Waals surface area contributed by atoms with Crippen molar-refractivity contribution in [3.63, 3.8) is 0 Å². The molecular formula is C27H29N3O5. The van der Waals surface area contributed by atoms with Crippen LogP contribution in [0.5, 0.6) is 5.75 Å². The number of rotatable bonds is 6. The number of aromatic nitrogens is 1. The number of benzene rings is 2. The molecule has 1 N–H and O–H groups in total. The Balaban J connectivity index is 1.51. The van der Waals surface area contributed by atoms with Crippen LogP contribution >= 0.6 is 0 Å². The van der Waals surface area contributed by atoms with Gasteiger partial charge >= 0.3 is 6.09 Å². The summed E-state index contributed by atoms with van der Waals surface area (Å²) in [6.07, 6.45) is 2.45. The van der Waals surface area contributed by atoms with Gasteiger partial charge in [0, 0.05) is 23.2 Å². The maximum atomic E-state index is 12.0. The monoisotopic (exact) mass is 475 g/mol. The largest absolute Gasteiger partial charge is 0.486 e. The first-order chi connectivity index (χ1) is 17.0. The molecule has 1 saturated heterocycles. The highest BCUT2D eigenvalue weighted by Crippen LogP contribution is 2.43. The molecule has 8 heteroatoms. The lowest BCUT2D eigenvalue weighted by Gasteiger charge is -2.30. The third kappa shape index (κ3) is 4.83. The standard InChI is InChI=1S/C27H29N3O5/c1-17(2)34-27(31)29-19-8-6-18(7-9-19)26-24(13-28)23-11-10-21(35-22-14-32-16-33-15-22)12-25(23)30(26)20-4-3-5-20/h6-12,17,20,22H,3-5,14-16H2,1-2H3,(H,29,31). The average molecular weight is 476 g/mol. The first kappa shape index (κ1) is 23.2. The summed E-state index contributed by atoms with van der Waals surface area (Å²) in [5, 5.41) is 13.8. The highest BCUT2D eigenvalue weighted by atomic mass is 16.7. The zero-order valence-corrected chi connectivity index (χ0v) is 20.0. The SMILES string of the molecule is CC(C)OC(=O)Nc1ccc(-c2c(C#N)c3ccc(OC4COCOC4)cc3n2C2CCC2)cc1. The number of nitrogens with one attached hydrogen (secondary N) is 1. The molecular weight excluding hydrogens is 446 g/mol. The number of carbonyl (C=O) groups is 1. The van der Waals surface area contributed by atoms with Crippen molar-refractivity contribution in [1.29, 1.82) is 5.26 Å². The summed E-state index contributed by atoms with van der Waals surface area (Å²) >= 11 is 0. The van der Waals surface area contributed by atoms with Crippen molar-refractivity contribution in [2.24, 2.45) is 0 Å². The molecule has 1 aromatic heterocycles. The molecule has 35 heavy (non-hydrogen) atoms. The fourth-order valence-electron chi connectivity index (χ4n) is 4.58. The summed E-state index contributed by atoms with van der Waals surface area (Å²) in [7, 11) is 0. The molecule has 0 spiro atoms. The molecule has 2 aromatic carbocycles. The highest BCUT2D eigenvalue weighted by molar-refractivity contribution is 5.96. The number of amides is 1. The normalized spacial score (nSPS) is 16.6. The van der Waals surface area contributed by atoms with Crippen LogP contribution in [0.15, 0.2) is 42.5 Å². The van der Waals surface area contributed by atoms with Crippen LogP contribution < -0.4 is 10.1 Å². The molecule has 1 saturated carbocycles. The van der Waals surface area contributed by atoms with Gasteiger partial charge in [0.1, 0.15) is 24.7 Å². The third-order valence-corrected chi connectivity index (χ3v) is 6.35. The topological polar surface area (TPSA) is 94.7 Å². The summed E-state index contributed by atoms with van der Waals surface area (Å²) in [6.45, 7) is 4.88. The van der Waals surface area contributed by atoms with Crippen LogP contribution in [0.2, 0.25) is 0 Å². The molecule has 8 nitrogen and oxygen atoms in total. The maximum absolute atomic E-state index is 12.0. The molecule has 0 unspecified atom stereocenters. The predicted molar refractivity (Wildman–Crippen MR) is 131 cm³/mol. The van der Waals surface area contributed by atoms with E-state index in [0.29, 0.717) is 37.3 Å². The number of anilines is 1. The van der Waals surface area contributed by atoms with Gasteiger partial charge in [0.05, 0.1) is 36.1 Å². The van der Waals surface area contributed by atoms with Gasteiger partial charge in [-0.05, 0) is 62.9 Å². The van der Waals surface area contributed by atoms with E-state index < -0.39 is 6.09 Å². The van der Waals surface area contributed by atoms with Crippen LogP contribution in [0.1, 0.15) is 44.7 Å². The van der Waals surface area contributed by atoms with E-state index in [9.17, 15) is 10.1 Å². The second kappa shape index (κ2) is 9.98. The van der Waals surface area contributed by atoms with Crippen molar-refractivity contribution in [2.45, 2.75) is 51.4 Å². The first-order valence-corrected chi connectivity index (χ1v) is 12.0. The summed E-state index contributed by atoms with van der Waals surface area (Å²) < 4.78 is 24.3. The summed E-state index contributed by atoms with van der Waals surface area (Å²) in [6, 6.07) is 16.2. The highest BCUT2D eigenvalue weighted by Gasteiger charge is 2.28. The molecule has 1 amide bonds. The molecule has 0 bridgehead atoms. The Morgan fingerprint density at radius 1 is 1.14 bits per heavy atom. The molecule has 182 valence electrons. The minimum atomic E-state index is -0.490. The van der Waals surface area contributed by atoms with Crippen molar-refractivity contribution < 1.29 is 23.7 Å². The van der Waals surface area contributed by atoms with Gasteiger partial charge in [-0.2, -0.15) is 5.26 Å². The van der Waals surface area contributed by atoms with E-state index >= 15 is 0 Å². The average Bonchev–Trinajstić information content (AvgIpc) is 3.12. The fourth-order valence-corrected chi connectivity index (χ4v) is 4.58. The fraction of sp³-hybridized carbons (Fsp3) is 0.407. The van der Waals surface area contributed by atoms with Crippen LogP contribution in [0, 0.1) is 11.3 Å². The Labute approximate surface area is 204 Å². The molecule has 2 fully saturated rings. The zero-order chi connectivity index (χ0) is 24.4. The first-order valence-electron chi connectivity index (χ1n) is 12.0. The van der Waals surface area contributed by atoms with Gasteiger partial charge in [0.2, 0.25) is 0 Å². The van der Waals surface area contributed by atoms with Gasteiger partial charge in [-0.15, -0.1) is 0 Å². The Morgan fingerprint density at radius 3 is 2.51 bits per heavy atom. The van der Waals surface area contributed by atoms with E-state index in [2.05, 4.69) is 16.0 Å². The second-order valence-electron chi connectivity index (χ2n) is 9.22. The number of hydrogen-bond acceptors (Lipinski definition) is 6. The molecule has 0 atom stereocenters. The maximum Gasteiger partial charge on any atom is 0.411 e. The van der Waals surface area contributed by atoms with E-state index in [0.717, 1.165) is 40.8 Å². The molecule has 1 aliphatic heterocycles. The van der Waals surface area contributed by atoms with Crippen LogP contribution in [0.3, 0.4) is 0 Å². The number of ether oxygens (including phenoxy) is 4. The van der Waals surface area contributed by atoms with E-state index in [4.69, 9.17) is 18.9 Å². The minimum Gasteiger partial charge on any atom is -0.486 e. The van der Waals surface area contributed by atoms with Crippen LogP contribution in [0.4, 0.5) is 10.5 Å². The van der Waals surface area contributed by atoms with Crippen molar-refractivity contribution in [3.8, 4) is 23.1 Å². The van der Waals surface area contributed by atoms with Gasteiger partial charge in [-0.3, -0.25) is 5.32 Å². The van der Waals surface area contributed by atoms with E-state index in [1.807, 2.05) is 42.5 Å². The molecule has 3 aromatic rings. The number of nitriles is 1. The van der Waals surface area contributed by atoms with Crippen LogP contribution in [-0.2, 0) is 14.2 Å². The van der Waals surface area contributed by atoms with Gasteiger partial charge in [0.25, 0.3) is 0 Å². The third-order valence-electron chi connectivity index (χ3n) is 6.35. The molecule has 0 radical (unpaired) electrons. The van der Waals surface area contributed by atoms with Crippen LogP contribution in [0.25, 0.3) is 22.2 Å². The Kier molecular flexibility index (Phi) is 6.62. The van der Waals surface area contributed by atoms with Crippen molar-refractivity contribution in [1.82, 2.24) is 4.57 Å². The Hall–Kier alpha value is -3.54. The smallest absolute Gasteiger partial charge is 0.411 e. The zero-order valence-electron chi connectivity index (χ0n) is 20.0. The van der Waals surface area contributed by atoms with Crippen molar-refractivity contribution in [3.05, 3.63) is 48.0 Å².